The summed E-state index contributed by atoms with van der Waals surface area (Å²) in [5.41, 5.74) is 3.03. The minimum absolute atomic E-state index is 0.471. The maximum atomic E-state index is 8.54. The van der Waals surface area contributed by atoms with Crippen LogP contribution in [0.3, 0.4) is 0 Å². The van der Waals surface area contributed by atoms with Gasteiger partial charge >= 0.3 is 0 Å². The summed E-state index contributed by atoms with van der Waals surface area (Å²) in [4.78, 5) is 0. The van der Waals surface area contributed by atoms with Crippen molar-refractivity contribution in [1.82, 2.24) is 0 Å². The van der Waals surface area contributed by atoms with Gasteiger partial charge in [0.2, 0.25) is 0 Å². The predicted octanol–water partition coefficient (Wildman–Crippen LogP) is 7.90. The molecule has 3 rings (SSSR count). The van der Waals surface area contributed by atoms with Gasteiger partial charge in [-0.15, -0.1) is 0 Å². The van der Waals surface area contributed by atoms with Crippen LogP contribution in [0.1, 0.15) is 94.6 Å². The fourth-order valence-electron chi connectivity index (χ4n) is 5.24. The monoisotopic (exact) mass is 419 g/mol. The topological polar surface area (TPSA) is 33.0 Å². The van der Waals surface area contributed by atoms with E-state index in [1.807, 2.05) is 18.2 Å². The van der Waals surface area contributed by atoms with Gasteiger partial charge in [0.25, 0.3) is 0 Å². The molecule has 0 aromatic heterocycles. The fraction of sp³-hybridized carbons (Fsp3) is 0.621. The zero-order valence-electron chi connectivity index (χ0n) is 19.5. The van der Waals surface area contributed by atoms with E-state index in [9.17, 15) is 0 Å². The van der Waals surface area contributed by atoms with Gasteiger partial charge in [0.15, 0.2) is 0 Å². The average molecular weight is 420 g/mol. The van der Waals surface area contributed by atoms with Gasteiger partial charge in [-0.25, -0.2) is 0 Å². The third-order valence-corrected chi connectivity index (χ3v) is 7.32. The van der Waals surface area contributed by atoms with Crippen molar-refractivity contribution in [2.24, 2.45) is 11.8 Å². The van der Waals surface area contributed by atoms with Crippen molar-refractivity contribution in [1.29, 1.82) is 5.26 Å². The Hall–Kier alpha value is -1.85. The molecule has 1 aromatic carbocycles. The number of hydrogen-bond acceptors (Lipinski definition) is 2. The van der Waals surface area contributed by atoms with Crippen LogP contribution in [0.15, 0.2) is 48.6 Å². The molecule has 0 aliphatic heterocycles. The van der Waals surface area contributed by atoms with E-state index in [0.717, 1.165) is 18.4 Å². The van der Waals surface area contributed by atoms with Gasteiger partial charge in [0.05, 0.1) is 12.2 Å². The summed E-state index contributed by atoms with van der Waals surface area (Å²) in [7, 11) is 0. The molecule has 0 amide bonds. The lowest BCUT2D eigenvalue weighted by molar-refractivity contribution is -0.00337. The molecule has 1 aromatic rings. The summed E-state index contributed by atoms with van der Waals surface area (Å²) >= 11 is 0. The molecule has 0 N–H and O–H groups in total. The van der Waals surface area contributed by atoms with Crippen LogP contribution in [0.5, 0.6) is 0 Å². The molecule has 0 unspecified atom stereocenters. The van der Waals surface area contributed by atoms with Crippen molar-refractivity contribution in [3.8, 4) is 6.07 Å². The molecule has 31 heavy (non-hydrogen) atoms. The Balaban J connectivity index is 1.31. The number of ether oxygens (including phenoxy) is 1. The Labute approximate surface area is 190 Å². The molecule has 0 bridgehead atoms. The molecule has 2 aliphatic carbocycles. The Morgan fingerprint density at radius 2 is 1.68 bits per heavy atom. The van der Waals surface area contributed by atoms with Crippen molar-refractivity contribution < 1.29 is 4.74 Å². The number of rotatable bonds is 10. The molecule has 2 nitrogen and oxygen atoms in total. The van der Waals surface area contributed by atoms with Crippen molar-refractivity contribution in [2.45, 2.75) is 96.0 Å². The number of hydrogen-bond donors (Lipinski definition) is 0. The minimum atomic E-state index is 0.471. The van der Waals surface area contributed by atoms with Gasteiger partial charge in [0.1, 0.15) is 0 Å². The standard InChI is InChI=1S/C29H41NO/c1-2-3-5-8-25-14-16-27(17-15-25)28-18-20-29(21-19-28)31-23-26-12-10-24(11-13-26)9-6-4-7-22-30/h4,6-7,9,14-17,24,26,28-29H,2-3,5,8,10-13,18-21,23H2,1H3/t24-,26-,28-,29-. The molecular formula is C29H41NO. The summed E-state index contributed by atoms with van der Waals surface area (Å²) < 4.78 is 6.36. The summed E-state index contributed by atoms with van der Waals surface area (Å²) in [5, 5.41) is 8.54. The fourth-order valence-corrected chi connectivity index (χ4v) is 5.24. The summed E-state index contributed by atoms with van der Waals surface area (Å²) in [6.07, 6.45) is 23.4. The lowest BCUT2D eigenvalue weighted by atomic mass is 9.81. The third kappa shape index (κ3) is 8.30. The first-order valence-corrected chi connectivity index (χ1v) is 12.7. The second kappa shape index (κ2) is 13.5. The predicted molar refractivity (Wildman–Crippen MR) is 130 cm³/mol. The Morgan fingerprint density at radius 1 is 0.935 bits per heavy atom. The Bertz CT molecular complexity index is 710. The number of nitrogens with zero attached hydrogens (tertiary/aromatic N) is 1. The molecule has 2 saturated carbocycles. The highest BCUT2D eigenvalue weighted by molar-refractivity contribution is 5.26. The van der Waals surface area contributed by atoms with Crippen LogP contribution >= 0.6 is 0 Å². The third-order valence-electron chi connectivity index (χ3n) is 7.32. The van der Waals surface area contributed by atoms with E-state index in [2.05, 4.69) is 37.3 Å². The van der Waals surface area contributed by atoms with Crippen LogP contribution in [0.25, 0.3) is 0 Å². The first kappa shape index (κ1) is 23.8. The molecule has 2 aliphatic rings. The number of unbranched alkanes of at least 4 members (excludes halogenated alkanes) is 2. The summed E-state index contributed by atoms with van der Waals surface area (Å²) in [6, 6.07) is 11.5. The molecule has 2 fully saturated rings. The molecule has 0 atom stereocenters. The highest BCUT2D eigenvalue weighted by Gasteiger charge is 2.25. The normalized spacial score (nSPS) is 27.0. The lowest BCUT2D eigenvalue weighted by Crippen LogP contribution is -2.25. The minimum Gasteiger partial charge on any atom is -0.378 e. The summed E-state index contributed by atoms with van der Waals surface area (Å²) in [6.45, 7) is 3.22. The Morgan fingerprint density at radius 3 is 2.35 bits per heavy atom. The molecular weight excluding hydrogens is 378 g/mol. The Kier molecular flexibility index (Phi) is 10.4. The maximum absolute atomic E-state index is 8.54. The number of aryl methyl sites for hydroxylation is 1. The van der Waals surface area contributed by atoms with Crippen LogP contribution in [-0.4, -0.2) is 12.7 Å². The van der Waals surface area contributed by atoms with E-state index >= 15 is 0 Å². The number of nitriles is 1. The molecule has 0 radical (unpaired) electrons. The summed E-state index contributed by atoms with van der Waals surface area (Å²) in [5.74, 6) is 2.13. The van der Waals surface area contributed by atoms with Crippen LogP contribution < -0.4 is 0 Å². The van der Waals surface area contributed by atoms with Gasteiger partial charge in [0, 0.05) is 12.7 Å². The van der Waals surface area contributed by atoms with E-state index in [1.54, 1.807) is 0 Å². The molecule has 0 heterocycles. The van der Waals surface area contributed by atoms with Crippen molar-refractivity contribution in [3.05, 3.63) is 59.7 Å². The zero-order chi connectivity index (χ0) is 21.7. The van der Waals surface area contributed by atoms with Gasteiger partial charge in [-0.2, -0.15) is 5.26 Å². The van der Waals surface area contributed by atoms with Crippen LogP contribution in [-0.2, 0) is 11.2 Å². The van der Waals surface area contributed by atoms with Crippen LogP contribution in [0.4, 0.5) is 0 Å². The number of allylic oxidation sites excluding steroid dienone is 4. The van der Waals surface area contributed by atoms with Crippen molar-refractivity contribution >= 4 is 0 Å². The van der Waals surface area contributed by atoms with Crippen LogP contribution in [0.2, 0.25) is 0 Å². The first-order chi connectivity index (χ1) is 15.3. The van der Waals surface area contributed by atoms with Crippen LogP contribution in [0, 0.1) is 23.2 Å². The maximum Gasteiger partial charge on any atom is 0.0912 e. The first-order valence-electron chi connectivity index (χ1n) is 12.7. The van der Waals surface area contributed by atoms with Crippen molar-refractivity contribution in [2.75, 3.05) is 6.61 Å². The molecule has 168 valence electrons. The van der Waals surface area contributed by atoms with Gasteiger partial charge < -0.3 is 4.74 Å². The van der Waals surface area contributed by atoms with E-state index < -0.39 is 0 Å². The SMILES string of the molecule is CCCCCc1ccc([C@H]2CC[C@H](OC[C@H]3CC[C@H](C=CC=CC#N)CC3)CC2)cc1. The van der Waals surface area contributed by atoms with E-state index in [0.29, 0.717) is 12.0 Å². The molecule has 0 spiro atoms. The smallest absolute Gasteiger partial charge is 0.0912 e. The molecule has 0 saturated heterocycles. The highest BCUT2D eigenvalue weighted by atomic mass is 16.5. The van der Waals surface area contributed by atoms with E-state index in [1.165, 1.54) is 94.3 Å². The molecule has 2 heteroatoms. The van der Waals surface area contributed by atoms with Gasteiger partial charge in [-0.05, 0) is 93.1 Å². The lowest BCUT2D eigenvalue weighted by Gasteiger charge is -2.32. The second-order valence-electron chi connectivity index (χ2n) is 9.66. The van der Waals surface area contributed by atoms with Gasteiger partial charge in [-0.3, -0.25) is 0 Å². The zero-order valence-corrected chi connectivity index (χ0v) is 19.5. The van der Waals surface area contributed by atoms with E-state index in [4.69, 9.17) is 10.00 Å². The number of benzene rings is 1. The average Bonchev–Trinajstić information content (AvgIpc) is 2.82. The highest BCUT2D eigenvalue weighted by Crippen LogP contribution is 2.35. The van der Waals surface area contributed by atoms with Crippen molar-refractivity contribution in [3.63, 3.8) is 0 Å². The quantitative estimate of drug-likeness (QED) is 0.219. The van der Waals surface area contributed by atoms with E-state index in [-0.39, 0.29) is 0 Å². The largest absolute Gasteiger partial charge is 0.378 e. The second-order valence-corrected chi connectivity index (χ2v) is 9.66. The van der Waals surface area contributed by atoms with Gasteiger partial charge in [-0.1, -0.05) is 62.3 Å².